The number of halogens is 3. The molecule has 126 valence electrons. The first-order valence-corrected chi connectivity index (χ1v) is 7.64. The zero-order chi connectivity index (χ0) is 16.3. The smallest absolute Gasteiger partial charge is 0.325 e. The Morgan fingerprint density at radius 1 is 1.26 bits per heavy atom. The van der Waals surface area contributed by atoms with Gasteiger partial charge in [-0.05, 0) is 19.4 Å². The van der Waals surface area contributed by atoms with Crippen molar-refractivity contribution in [3.63, 3.8) is 0 Å². The molecule has 1 saturated heterocycles. The van der Waals surface area contributed by atoms with Gasteiger partial charge in [-0.2, -0.15) is 18.3 Å². The zero-order valence-electron chi connectivity index (χ0n) is 12.7. The van der Waals surface area contributed by atoms with Gasteiger partial charge < -0.3 is 4.57 Å². The first-order valence-electron chi connectivity index (χ1n) is 7.64. The van der Waals surface area contributed by atoms with Crippen LogP contribution in [-0.4, -0.2) is 48.0 Å². The maximum absolute atomic E-state index is 12.6. The van der Waals surface area contributed by atoms with Crippen LogP contribution in [0.25, 0.3) is 0 Å². The van der Waals surface area contributed by atoms with Crippen LogP contribution in [0.3, 0.4) is 0 Å². The Bertz CT molecular complexity index is 606. The Kier molecular flexibility index (Phi) is 4.65. The number of imidazole rings is 1. The van der Waals surface area contributed by atoms with Crippen molar-refractivity contribution in [2.24, 2.45) is 0 Å². The van der Waals surface area contributed by atoms with Gasteiger partial charge in [0.2, 0.25) is 0 Å². The van der Waals surface area contributed by atoms with Gasteiger partial charge >= 0.3 is 6.18 Å². The third-order valence-corrected chi connectivity index (χ3v) is 4.11. The predicted molar refractivity (Wildman–Crippen MR) is 76.4 cm³/mol. The van der Waals surface area contributed by atoms with Crippen LogP contribution in [0.4, 0.5) is 13.2 Å². The summed E-state index contributed by atoms with van der Waals surface area (Å²) in [4.78, 5) is 10.2. The normalized spacial score (nSPS) is 20.0. The van der Waals surface area contributed by atoms with Crippen molar-refractivity contribution < 1.29 is 13.2 Å². The molecule has 1 aliphatic rings. The molecular formula is C14H19F3N6. The number of hydrogen-bond donors (Lipinski definition) is 0. The molecule has 6 nitrogen and oxygen atoms in total. The van der Waals surface area contributed by atoms with E-state index in [1.807, 2.05) is 0 Å². The van der Waals surface area contributed by atoms with Crippen LogP contribution in [0.15, 0.2) is 25.0 Å². The van der Waals surface area contributed by atoms with Crippen LogP contribution >= 0.6 is 0 Å². The third-order valence-electron chi connectivity index (χ3n) is 4.11. The fourth-order valence-corrected chi connectivity index (χ4v) is 3.03. The fourth-order valence-electron chi connectivity index (χ4n) is 3.03. The second kappa shape index (κ2) is 6.69. The SMILES string of the molecule is FC(F)(F)Cn1ccnc1CN1CCCCC1Cn1cncn1. The van der Waals surface area contributed by atoms with Gasteiger partial charge in [0.15, 0.2) is 0 Å². The minimum absolute atomic E-state index is 0.237. The van der Waals surface area contributed by atoms with Crippen LogP contribution in [0, 0.1) is 0 Å². The van der Waals surface area contributed by atoms with Crippen LogP contribution in [-0.2, 0) is 19.6 Å². The van der Waals surface area contributed by atoms with E-state index in [2.05, 4.69) is 20.0 Å². The summed E-state index contributed by atoms with van der Waals surface area (Å²) in [5.41, 5.74) is 0. The standard InChI is InChI=1S/C14H19F3N6/c15-14(16,17)9-22-6-4-19-13(22)8-21-5-2-1-3-12(21)7-23-11-18-10-20-23/h4,6,10-12H,1-3,5,7-9H2. The van der Waals surface area contributed by atoms with E-state index in [9.17, 15) is 13.2 Å². The van der Waals surface area contributed by atoms with Crippen molar-refractivity contribution in [1.29, 1.82) is 0 Å². The fraction of sp³-hybridized carbons (Fsp3) is 0.643. The molecule has 2 aromatic heterocycles. The van der Waals surface area contributed by atoms with Crippen molar-refractivity contribution in [3.05, 3.63) is 30.9 Å². The number of rotatable bonds is 5. The van der Waals surface area contributed by atoms with Crippen molar-refractivity contribution in [2.75, 3.05) is 6.54 Å². The molecule has 9 heteroatoms. The van der Waals surface area contributed by atoms with Crippen molar-refractivity contribution in [1.82, 2.24) is 29.2 Å². The Labute approximate surface area is 131 Å². The lowest BCUT2D eigenvalue weighted by molar-refractivity contribution is -0.141. The molecule has 3 heterocycles. The lowest BCUT2D eigenvalue weighted by atomic mass is 10.0. The quantitative estimate of drug-likeness (QED) is 0.843. The highest BCUT2D eigenvalue weighted by atomic mass is 19.4. The lowest BCUT2D eigenvalue weighted by Gasteiger charge is -2.35. The highest BCUT2D eigenvalue weighted by molar-refractivity contribution is 4.94. The Morgan fingerprint density at radius 3 is 2.87 bits per heavy atom. The molecule has 1 unspecified atom stereocenters. The lowest BCUT2D eigenvalue weighted by Crippen LogP contribution is -2.42. The van der Waals surface area contributed by atoms with Gasteiger partial charge in [0.05, 0.1) is 13.1 Å². The molecule has 1 fully saturated rings. The van der Waals surface area contributed by atoms with Crippen molar-refractivity contribution in [2.45, 2.75) is 51.1 Å². The largest absolute Gasteiger partial charge is 0.406 e. The number of piperidine rings is 1. The van der Waals surface area contributed by atoms with Gasteiger partial charge in [-0.1, -0.05) is 6.42 Å². The Morgan fingerprint density at radius 2 is 2.13 bits per heavy atom. The Hall–Kier alpha value is -1.90. The predicted octanol–water partition coefficient (Wildman–Crippen LogP) is 2.09. The Balaban J connectivity index is 1.68. The first kappa shape index (κ1) is 16.0. The number of nitrogens with zero attached hydrogens (tertiary/aromatic N) is 6. The van der Waals surface area contributed by atoms with E-state index >= 15 is 0 Å². The van der Waals surface area contributed by atoms with E-state index in [0.717, 1.165) is 25.8 Å². The van der Waals surface area contributed by atoms with E-state index in [1.165, 1.54) is 23.3 Å². The van der Waals surface area contributed by atoms with Gasteiger partial charge in [0.1, 0.15) is 25.0 Å². The van der Waals surface area contributed by atoms with Gasteiger partial charge in [-0.15, -0.1) is 0 Å². The molecule has 1 aliphatic heterocycles. The van der Waals surface area contributed by atoms with Crippen LogP contribution in [0.2, 0.25) is 0 Å². The van der Waals surface area contributed by atoms with Crippen molar-refractivity contribution in [3.8, 4) is 0 Å². The average molecular weight is 328 g/mol. The van der Waals surface area contributed by atoms with E-state index < -0.39 is 12.7 Å². The maximum Gasteiger partial charge on any atom is 0.406 e. The first-order chi connectivity index (χ1) is 11.0. The molecule has 23 heavy (non-hydrogen) atoms. The maximum atomic E-state index is 12.6. The molecule has 3 rings (SSSR count). The average Bonchev–Trinajstić information content (AvgIpc) is 3.12. The molecule has 0 aliphatic carbocycles. The molecule has 0 amide bonds. The summed E-state index contributed by atoms with van der Waals surface area (Å²) >= 11 is 0. The molecule has 0 radical (unpaired) electrons. The second-order valence-corrected chi connectivity index (χ2v) is 5.82. The summed E-state index contributed by atoms with van der Waals surface area (Å²) in [6, 6.07) is 0.237. The highest BCUT2D eigenvalue weighted by Crippen LogP contribution is 2.22. The van der Waals surface area contributed by atoms with Gasteiger partial charge in [-0.25, -0.2) is 9.97 Å². The molecule has 1 atom stereocenters. The molecule has 0 saturated carbocycles. The van der Waals surface area contributed by atoms with Gasteiger partial charge in [0, 0.05) is 18.4 Å². The zero-order valence-corrected chi connectivity index (χ0v) is 12.7. The number of hydrogen-bond acceptors (Lipinski definition) is 4. The summed E-state index contributed by atoms with van der Waals surface area (Å²) in [6.07, 6.45) is 4.90. The topological polar surface area (TPSA) is 51.8 Å². The molecular weight excluding hydrogens is 309 g/mol. The molecule has 0 spiro atoms. The minimum Gasteiger partial charge on any atom is -0.325 e. The summed E-state index contributed by atoms with van der Waals surface area (Å²) in [6.45, 7) is 0.977. The van der Waals surface area contributed by atoms with E-state index in [1.54, 1.807) is 11.0 Å². The molecule has 0 bridgehead atoms. The van der Waals surface area contributed by atoms with Crippen LogP contribution < -0.4 is 0 Å². The summed E-state index contributed by atoms with van der Waals surface area (Å²) in [7, 11) is 0. The highest BCUT2D eigenvalue weighted by Gasteiger charge is 2.30. The summed E-state index contributed by atoms with van der Waals surface area (Å²) in [5, 5.41) is 4.12. The molecule has 0 N–H and O–H groups in total. The van der Waals surface area contributed by atoms with Gasteiger partial charge in [-0.3, -0.25) is 9.58 Å². The van der Waals surface area contributed by atoms with E-state index in [0.29, 0.717) is 18.9 Å². The monoisotopic (exact) mass is 328 g/mol. The van der Waals surface area contributed by atoms with E-state index in [-0.39, 0.29) is 6.04 Å². The minimum atomic E-state index is -4.24. The molecule has 2 aromatic rings. The molecule has 0 aromatic carbocycles. The summed E-state index contributed by atoms with van der Waals surface area (Å²) < 4.78 is 40.8. The third kappa shape index (κ3) is 4.31. The number of likely N-dealkylation sites (tertiary alicyclic amines) is 1. The van der Waals surface area contributed by atoms with Crippen molar-refractivity contribution >= 4 is 0 Å². The van der Waals surface area contributed by atoms with Crippen LogP contribution in [0.5, 0.6) is 0 Å². The summed E-state index contributed by atoms with van der Waals surface area (Å²) in [5.74, 6) is 0.452. The second-order valence-electron chi connectivity index (χ2n) is 5.82. The van der Waals surface area contributed by atoms with Gasteiger partial charge in [0.25, 0.3) is 0 Å². The van der Waals surface area contributed by atoms with Crippen LogP contribution in [0.1, 0.15) is 25.1 Å². The number of alkyl halides is 3. The number of aromatic nitrogens is 5. The van der Waals surface area contributed by atoms with E-state index in [4.69, 9.17) is 0 Å².